The minimum absolute atomic E-state index is 0.00459. The predicted molar refractivity (Wildman–Crippen MR) is 134 cm³/mol. The normalized spacial score (nSPS) is 12.9. The Labute approximate surface area is 207 Å². The van der Waals surface area contributed by atoms with E-state index in [0.29, 0.717) is 30.2 Å². The molecule has 1 aromatic carbocycles. The van der Waals surface area contributed by atoms with E-state index in [0.717, 1.165) is 5.56 Å². The molecule has 0 spiro atoms. The van der Waals surface area contributed by atoms with Crippen LogP contribution in [0.3, 0.4) is 0 Å². The van der Waals surface area contributed by atoms with Crippen LogP contribution in [0, 0.1) is 6.92 Å². The van der Waals surface area contributed by atoms with Gasteiger partial charge in [-0.1, -0.05) is 24.3 Å². The van der Waals surface area contributed by atoms with Gasteiger partial charge < -0.3 is 14.2 Å². The number of aryl methyl sites for hydroxylation is 1. The van der Waals surface area contributed by atoms with Gasteiger partial charge in [-0.15, -0.1) is 0 Å². The van der Waals surface area contributed by atoms with Gasteiger partial charge in [0.1, 0.15) is 4.90 Å². The van der Waals surface area contributed by atoms with Crippen molar-refractivity contribution in [1.82, 2.24) is 15.0 Å². The van der Waals surface area contributed by atoms with E-state index in [-0.39, 0.29) is 28.3 Å². The molecule has 0 saturated heterocycles. The lowest BCUT2D eigenvalue weighted by Gasteiger charge is -2.22. The monoisotopic (exact) mass is 500 g/mol. The van der Waals surface area contributed by atoms with Gasteiger partial charge in [-0.3, -0.25) is 9.71 Å². The summed E-state index contributed by atoms with van der Waals surface area (Å²) in [6, 6.07) is 10.5. The average molecular weight is 501 g/mol. The van der Waals surface area contributed by atoms with E-state index in [1.165, 1.54) is 19.4 Å². The van der Waals surface area contributed by atoms with E-state index in [1.807, 2.05) is 52.0 Å². The first-order valence-electron chi connectivity index (χ1n) is 11.2. The molecule has 1 N–H and O–H groups in total. The molecule has 0 fully saturated rings. The molecule has 9 nitrogen and oxygen atoms in total. The van der Waals surface area contributed by atoms with Crippen LogP contribution in [0.2, 0.25) is 0 Å². The summed E-state index contributed by atoms with van der Waals surface area (Å²) in [4.78, 5) is 12.6. The van der Waals surface area contributed by atoms with Gasteiger partial charge in [-0.25, -0.2) is 18.4 Å². The van der Waals surface area contributed by atoms with E-state index in [9.17, 15) is 8.42 Å². The standard InChI is InChI=1S/C25H32N4O5S/c1-17-14-27-23(24(28-17)32-6)29-35(30,31)21-8-7-13-26-22(21)20-11-9-19(10-12-20)16-33-18(2)15-34-25(3,4)5/h7-14,18H,15-16H2,1-6H3,(H,27,29). The molecule has 1 unspecified atom stereocenters. The molecule has 188 valence electrons. The molecule has 0 aliphatic carbocycles. The Morgan fingerprint density at radius 2 is 1.80 bits per heavy atom. The Morgan fingerprint density at radius 3 is 2.46 bits per heavy atom. The lowest BCUT2D eigenvalue weighted by molar-refractivity contribution is -0.0707. The highest BCUT2D eigenvalue weighted by Gasteiger charge is 2.23. The van der Waals surface area contributed by atoms with Crippen molar-refractivity contribution in [2.45, 2.75) is 57.8 Å². The number of pyridine rings is 1. The number of anilines is 1. The van der Waals surface area contributed by atoms with Crippen molar-refractivity contribution < 1.29 is 22.6 Å². The van der Waals surface area contributed by atoms with Gasteiger partial charge >= 0.3 is 0 Å². The second kappa shape index (κ2) is 11.1. The largest absolute Gasteiger partial charge is 0.478 e. The predicted octanol–water partition coefficient (Wildman–Crippen LogP) is 4.38. The Hall–Kier alpha value is -3.08. The van der Waals surface area contributed by atoms with Crippen LogP contribution >= 0.6 is 0 Å². The number of nitrogens with one attached hydrogen (secondary N) is 1. The highest BCUT2D eigenvalue weighted by Crippen LogP contribution is 2.28. The zero-order valence-electron chi connectivity index (χ0n) is 20.9. The van der Waals surface area contributed by atoms with Gasteiger partial charge in [0, 0.05) is 11.8 Å². The van der Waals surface area contributed by atoms with Crippen LogP contribution in [-0.2, 0) is 26.1 Å². The first kappa shape index (κ1) is 26.5. The maximum atomic E-state index is 13.2. The molecule has 0 radical (unpaired) electrons. The molecule has 2 heterocycles. The fourth-order valence-corrected chi connectivity index (χ4v) is 4.27. The van der Waals surface area contributed by atoms with Crippen LogP contribution in [0.1, 0.15) is 39.0 Å². The summed E-state index contributed by atoms with van der Waals surface area (Å²) in [6.45, 7) is 10.6. The second-order valence-electron chi connectivity index (χ2n) is 9.07. The fraction of sp³-hybridized carbons (Fsp3) is 0.400. The van der Waals surface area contributed by atoms with Crippen molar-refractivity contribution in [3.05, 3.63) is 60.0 Å². The lowest BCUT2D eigenvalue weighted by Crippen LogP contribution is -2.26. The molecular weight excluding hydrogens is 468 g/mol. The third-order valence-electron chi connectivity index (χ3n) is 4.86. The number of sulfonamides is 1. The quantitative estimate of drug-likeness (QED) is 0.437. The van der Waals surface area contributed by atoms with E-state index >= 15 is 0 Å². The zero-order chi connectivity index (χ0) is 25.6. The third-order valence-corrected chi connectivity index (χ3v) is 6.23. The number of aromatic nitrogens is 3. The van der Waals surface area contributed by atoms with Crippen LogP contribution in [-0.4, -0.2) is 48.8 Å². The number of benzene rings is 1. The van der Waals surface area contributed by atoms with E-state index in [4.69, 9.17) is 14.2 Å². The molecule has 0 aliphatic heterocycles. The molecule has 35 heavy (non-hydrogen) atoms. The summed E-state index contributed by atoms with van der Waals surface area (Å²) in [6.07, 6.45) is 2.95. The summed E-state index contributed by atoms with van der Waals surface area (Å²) >= 11 is 0. The Morgan fingerprint density at radius 1 is 1.09 bits per heavy atom. The summed E-state index contributed by atoms with van der Waals surface area (Å²) in [7, 11) is -2.62. The number of hydrogen-bond donors (Lipinski definition) is 1. The van der Waals surface area contributed by atoms with Crippen molar-refractivity contribution in [2.24, 2.45) is 0 Å². The Kier molecular flexibility index (Phi) is 8.42. The van der Waals surface area contributed by atoms with Crippen molar-refractivity contribution in [3.8, 4) is 17.1 Å². The molecule has 1 atom stereocenters. The van der Waals surface area contributed by atoms with Crippen molar-refractivity contribution in [2.75, 3.05) is 18.4 Å². The van der Waals surface area contributed by atoms with Crippen LogP contribution in [0.4, 0.5) is 5.82 Å². The smallest absolute Gasteiger partial charge is 0.265 e. The maximum Gasteiger partial charge on any atom is 0.265 e. The van der Waals surface area contributed by atoms with E-state index in [2.05, 4.69) is 19.7 Å². The molecular formula is C25H32N4O5S. The first-order valence-corrected chi connectivity index (χ1v) is 12.7. The van der Waals surface area contributed by atoms with Crippen LogP contribution < -0.4 is 9.46 Å². The Bertz CT molecular complexity index is 1240. The highest BCUT2D eigenvalue weighted by atomic mass is 32.2. The van der Waals surface area contributed by atoms with Crippen molar-refractivity contribution >= 4 is 15.8 Å². The molecule has 2 aromatic heterocycles. The zero-order valence-corrected chi connectivity index (χ0v) is 21.7. The summed E-state index contributed by atoms with van der Waals surface area (Å²) in [5.74, 6) is 0.0930. The van der Waals surface area contributed by atoms with Gasteiger partial charge in [0.05, 0.1) is 49.6 Å². The van der Waals surface area contributed by atoms with Gasteiger partial charge in [0.15, 0.2) is 0 Å². The molecule has 0 bridgehead atoms. The molecule has 0 amide bonds. The summed E-state index contributed by atoms with van der Waals surface area (Å²) < 4.78 is 45.7. The Balaban J connectivity index is 1.76. The van der Waals surface area contributed by atoms with Crippen LogP contribution in [0.5, 0.6) is 5.88 Å². The molecule has 10 heteroatoms. The van der Waals surface area contributed by atoms with Gasteiger partial charge in [-0.2, -0.15) is 0 Å². The van der Waals surface area contributed by atoms with Gasteiger partial charge in [0.2, 0.25) is 5.82 Å². The lowest BCUT2D eigenvalue weighted by atomic mass is 10.1. The second-order valence-corrected chi connectivity index (χ2v) is 10.7. The van der Waals surface area contributed by atoms with Gasteiger partial charge in [0.25, 0.3) is 15.9 Å². The fourth-order valence-electron chi connectivity index (χ4n) is 3.09. The third kappa shape index (κ3) is 7.45. The number of methoxy groups -OCH3 is 1. The van der Waals surface area contributed by atoms with Crippen molar-refractivity contribution in [1.29, 1.82) is 0 Å². The highest BCUT2D eigenvalue weighted by molar-refractivity contribution is 7.92. The summed E-state index contributed by atoms with van der Waals surface area (Å²) in [5.41, 5.74) is 2.31. The number of hydrogen-bond acceptors (Lipinski definition) is 8. The van der Waals surface area contributed by atoms with Crippen LogP contribution in [0.25, 0.3) is 11.3 Å². The molecule has 3 aromatic rings. The average Bonchev–Trinajstić information content (AvgIpc) is 2.82. The molecule has 0 saturated carbocycles. The van der Waals surface area contributed by atoms with Crippen molar-refractivity contribution in [3.63, 3.8) is 0 Å². The minimum atomic E-state index is -4.02. The number of ether oxygens (including phenoxy) is 3. The maximum absolute atomic E-state index is 13.2. The van der Waals surface area contributed by atoms with Crippen LogP contribution in [0.15, 0.2) is 53.7 Å². The number of rotatable bonds is 10. The topological polar surface area (TPSA) is 113 Å². The number of nitrogens with zero attached hydrogens (tertiary/aromatic N) is 3. The van der Waals surface area contributed by atoms with E-state index < -0.39 is 10.0 Å². The summed E-state index contributed by atoms with van der Waals surface area (Å²) in [5, 5.41) is 0. The first-order chi connectivity index (χ1) is 16.5. The molecule has 0 aliphatic rings. The molecule has 3 rings (SSSR count). The minimum Gasteiger partial charge on any atom is -0.478 e. The van der Waals surface area contributed by atoms with E-state index in [1.54, 1.807) is 19.2 Å². The SMILES string of the molecule is COc1nc(C)cnc1NS(=O)(=O)c1cccnc1-c1ccc(COC(C)COC(C)(C)C)cc1. The van der Waals surface area contributed by atoms with Gasteiger partial charge in [-0.05, 0) is 52.3 Å².